The van der Waals surface area contributed by atoms with Crippen LogP contribution in [0.4, 0.5) is 5.69 Å². The summed E-state index contributed by atoms with van der Waals surface area (Å²) in [5.74, 6) is 1.32. The molecule has 0 saturated heterocycles. The van der Waals surface area contributed by atoms with Crippen molar-refractivity contribution in [1.82, 2.24) is 9.66 Å². The van der Waals surface area contributed by atoms with E-state index >= 15 is 0 Å². The van der Waals surface area contributed by atoms with Gasteiger partial charge >= 0.3 is 0 Å². The third kappa shape index (κ3) is 5.89. The van der Waals surface area contributed by atoms with E-state index in [0.29, 0.717) is 33.8 Å². The number of nitrogens with zero attached hydrogens (tertiary/aromatic N) is 4. The Morgan fingerprint density at radius 1 is 1.11 bits per heavy atom. The van der Waals surface area contributed by atoms with Gasteiger partial charge in [0.05, 0.1) is 29.2 Å². The van der Waals surface area contributed by atoms with Crippen LogP contribution in [-0.2, 0) is 6.61 Å². The normalized spacial score (nSPS) is 11.4. The Balaban J connectivity index is 1.75. The molecule has 190 valence electrons. The highest BCUT2D eigenvalue weighted by Crippen LogP contribution is 2.35. The molecule has 0 spiro atoms. The van der Waals surface area contributed by atoms with Gasteiger partial charge in [-0.3, -0.25) is 14.9 Å². The van der Waals surface area contributed by atoms with Crippen molar-refractivity contribution in [3.63, 3.8) is 0 Å². The molecular weight excluding hydrogens is 608 g/mol. The Kier molecular flexibility index (Phi) is 8.03. The van der Waals surface area contributed by atoms with E-state index in [4.69, 9.17) is 9.47 Å². The Hall–Kier alpha value is -3.57. The summed E-state index contributed by atoms with van der Waals surface area (Å²) >= 11 is 6.89. The van der Waals surface area contributed by atoms with Gasteiger partial charge in [-0.2, -0.15) is 9.78 Å². The largest absolute Gasteiger partial charge is 0.493 e. The summed E-state index contributed by atoms with van der Waals surface area (Å²) < 4.78 is 14.4. The van der Waals surface area contributed by atoms with E-state index in [1.54, 1.807) is 36.4 Å². The molecule has 37 heavy (non-hydrogen) atoms. The van der Waals surface area contributed by atoms with E-state index in [2.05, 4.69) is 41.9 Å². The monoisotopic (exact) mass is 628 g/mol. The van der Waals surface area contributed by atoms with E-state index in [0.717, 1.165) is 14.5 Å². The number of non-ortho nitro benzene ring substituents is 1. The SMILES string of the molecule is COc1cc(Br)cc(C=Nn2c(C(C)C)nc3ccc(Br)cc3c2=O)c1OCc1ccc([N+](=O)[O-])cc1. The van der Waals surface area contributed by atoms with Crippen LogP contribution in [0.15, 0.2) is 73.4 Å². The fourth-order valence-corrected chi connectivity index (χ4v) is 4.45. The minimum Gasteiger partial charge on any atom is -0.493 e. The van der Waals surface area contributed by atoms with Crippen molar-refractivity contribution in [2.24, 2.45) is 5.10 Å². The molecule has 0 aliphatic carbocycles. The summed E-state index contributed by atoms with van der Waals surface area (Å²) in [5.41, 5.74) is 1.60. The highest BCUT2D eigenvalue weighted by Gasteiger charge is 2.16. The number of halogens is 2. The molecule has 0 radical (unpaired) electrons. The zero-order valence-corrected chi connectivity index (χ0v) is 23.3. The van der Waals surface area contributed by atoms with E-state index in [1.165, 1.54) is 30.1 Å². The van der Waals surface area contributed by atoms with Crippen LogP contribution in [0.2, 0.25) is 0 Å². The molecule has 0 N–H and O–H groups in total. The van der Waals surface area contributed by atoms with Gasteiger partial charge in [0.15, 0.2) is 11.5 Å². The van der Waals surface area contributed by atoms with E-state index < -0.39 is 4.92 Å². The number of rotatable bonds is 8. The van der Waals surface area contributed by atoms with Crippen LogP contribution >= 0.6 is 31.9 Å². The fourth-order valence-electron chi connectivity index (χ4n) is 3.63. The number of hydrogen-bond acceptors (Lipinski definition) is 7. The van der Waals surface area contributed by atoms with Crippen LogP contribution < -0.4 is 15.0 Å². The summed E-state index contributed by atoms with van der Waals surface area (Å²) in [4.78, 5) is 28.5. The molecule has 1 heterocycles. The lowest BCUT2D eigenvalue weighted by atomic mass is 10.2. The van der Waals surface area contributed by atoms with Crippen molar-refractivity contribution >= 4 is 54.7 Å². The average Bonchev–Trinajstić information content (AvgIpc) is 2.87. The number of methoxy groups -OCH3 is 1. The van der Waals surface area contributed by atoms with Crippen LogP contribution in [0.3, 0.4) is 0 Å². The molecule has 0 aliphatic heterocycles. The van der Waals surface area contributed by atoms with Crippen LogP contribution in [0.1, 0.15) is 36.7 Å². The molecule has 0 amide bonds. The predicted molar refractivity (Wildman–Crippen MR) is 149 cm³/mol. The second-order valence-electron chi connectivity index (χ2n) is 8.39. The van der Waals surface area contributed by atoms with Crippen molar-refractivity contribution in [2.45, 2.75) is 26.4 Å². The highest BCUT2D eigenvalue weighted by atomic mass is 79.9. The van der Waals surface area contributed by atoms with Crippen LogP contribution in [0, 0.1) is 10.1 Å². The van der Waals surface area contributed by atoms with Gasteiger partial charge in [0, 0.05) is 32.6 Å². The molecular formula is C26H22Br2N4O5. The zero-order valence-electron chi connectivity index (χ0n) is 20.1. The van der Waals surface area contributed by atoms with Crippen LogP contribution in [0.5, 0.6) is 11.5 Å². The molecule has 11 heteroatoms. The minimum atomic E-state index is -0.454. The zero-order chi connectivity index (χ0) is 26.7. The summed E-state index contributed by atoms with van der Waals surface area (Å²) in [7, 11) is 1.52. The lowest BCUT2D eigenvalue weighted by molar-refractivity contribution is -0.384. The third-order valence-corrected chi connectivity index (χ3v) is 6.41. The van der Waals surface area contributed by atoms with Gasteiger partial charge in [-0.25, -0.2) is 4.98 Å². The number of benzene rings is 3. The van der Waals surface area contributed by atoms with E-state index in [-0.39, 0.29) is 23.8 Å². The molecule has 3 aromatic carbocycles. The van der Waals surface area contributed by atoms with Crippen LogP contribution in [0.25, 0.3) is 10.9 Å². The highest BCUT2D eigenvalue weighted by molar-refractivity contribution is 9.10. The molecule has 4 rings (SSSR count). The summed E-state index contributed by atoms with van der Waals surface area (Å²) in [6, 6.07) is 15.0. The molecule has 1 aromatic heterocycles. The summed E-state index contributed by atoms with van der Waals surface area (Å²) in [5, 5.41) is 15.9. The number of hydrogen-bond donors (Lipinski definition) is 0. The van der Waals surface area contributed by atoms with Gasteiger partial charge in [0.2, 0.25) is 0 Å². The van der Waals surface area contributed by atoms with Gasteiger partial charge in [0.1, 0.15) is 12.4 Å². The molecule has 4 aromatic rings. The fraction of sp³-hybridized carbons (Fsp3) is 0.192. The van der Waals surface area contributed by atoms with E-state index in [1.807, 2.05) is 19.9 Å². The quantitative estimate of drug-likeness (QED) is 0.126. The van der Waals surface area contributed by atoms with Gasteiger partial charge in [-0.05, 0) is 48.0 Å². The van der Waals surface area contributed by atoms with Crippen molar-refractivity contribution in [2.75, 3.05) is 7.11 Å². The van der Waals surface area contributed by atoms with Gasteiger partial charge in [-0.15, -0.1) is 0 Å². The molecule has 0 saturated carbocycles. The first-order valence-corrected chi connectivity index (χ1v) is 12.8. The maximum Gasteiger partial charge on any atom is 0.282 e. The first-order valence-electron chi connectivity index (χ1n) is 11.2. The third-order valence-electron chi connectivity index (χ3n) is 5.46. The van der Waals surface area contributed by atoms with Gasteiger partial charge in [-0.1, -0.05) is 45.7 Å². The second kappa shape index (κ2) is 11.2. The lowest BCUT2D eigenvalue weighted by Crippen LogP contribution is -2.23. The Bertz CT molecular complexity index is 1570. The first-order chi connectivity index (χ1) is 17.7. The number of ether oxygens (including phenoxy) is 2. The Morgan fingerprint density at radius 3 is 2.49 bits per heavy atom. The minimum absolute atomic E-state index is 0.000201. The van der Waals surface area contributed by atoms with Crippen molar-refractivity contribution in [1.29, 1.82) is 0 Å². The number of aromatic nitrogens is 2. The maximum absolute atomic E-state index is 13.4. The lowest BCUT2D eigenvalue weighted by Gasteiger charge is -2.15. The van der Waals surface area contributed by atoms with Crippen molar-refractivity contribution in [3.8, 4) is 11.5 Å². The van der Waals surface area contributed by atoms with Crippen LogP contribution in [-0.4, -0.2) is 27.9 Å². The molecule has 0 unspecified atom stereocenters. The first kappa shape index (κ1) is 26.5. The predicted octanol–water partition coefficient (Wildman–Crippen LogP) is 6.42. The Labute approximate surface area is 229 Å². The number of fused-ring (bicyclic) bond motifs is 1. The van der Waals surface area contributed by atoms with E-state index in [9.17, 15) is 14.9 Å². The molecule has 0 bridgehead atoms. The second-order valence-corrected chi connectivity index (χ2v) is 10.2. The molecule has 0 atom stereocenters. The number of nitro groups is 1. The maximum atomic E-state index is 13.4. The average molecular weight is 630 g/mol. The Morgan fingerprint density at radius 2 is 1.84 bits per heavy atom. The molecule has 9 nitrogen and oxygen atoms in total. The van der Waals surface area contributed by atoms with Crippen molar-refractivity contribution < 1.29 is 14.4 Å². The number of nitro benzene ring substituents is 1. The standard InChI is InChI=1S/C26H22Br2N4O5/c1-15(2)25-30-22-9-6-18(27)11-21(22)26(33)31(25)29-13-17-10-19(28)12-23(36-3)24(17)37-14-16-4-7-20(8-5-16)32(34)35/h4-13,15H,14H2,1-3H3. The van der Waals surface area contributed by atoms with Crippen molar-refractivity contribution in [3.05, 3.63) is 101 Å². The smallest absolute Gasteiger partial charge is 0.282 e. The molecule has 0 aliphatic rings. The topological polar surface area (TPSA) is 109 Å². The summed E-state index contributed by atoms with van der Waals surface area (Å²) in [6.45, 7) is 4.03. The molecule has 0 fully saturated rings. The van der Waals surface area contributed by atoms with Gasteiger partial charge < -0.3 is 9.47 Å². The van der Waals surface area contributed by atoms with Gasteiger partial charge in [0.25, 0.3) is 11.2 Å². The summed E-state index contributed by atoms with van der Waals surface area (Å²) in [6.07, 6.45) is 1.53.